The van der Waals surface area contributed by atoms with Gasteiger partial charge in [-0.15, -0.1) is 0 Å². The minimum absolute atomic E-state index is 0.135. The first-order chi connectivity index (χ1) is 8.83. The van der Waals surface area contributed by atoms with E-state index < -0.39 is 0 Å². The molecule has 0 saturated carbocycles. The van der Waals surface area contributed by atoms with Crippen LogP contribution in [-0.4, -0.2) is 21.7 Å². The maximum absolute atomic E-state index is 9.37. The summed E-state index contributed by atoms with van der Waals surface area (Å²) in [4.78, 5) is 8.03. The predicted octanol–water partition coefficient (Wildman–Crippen LogP) is 1.41. The van der Waals surface area contributed by atoms with Gasteiger partial charge in [-0.3, -0.25) is 0 Å². The highest BCUT2D eigenvalue weighted by Gasteiger charge is 2.23. The van der Waals surface area contributed by atoms with Gasteiger partial charge in [-0.1, -0.05) is 0 Å². The van der Waals surface area contributed by atoms with Gasteiger partial charge in [0.15, 0.2) is 0 Å². The van der Waals surface area contributed by atoms with Crippen molar-refractivity contribution in [3.63, 3.8) is 0 Å². The molecule has 0 spiro atoms. The van der Waals surface area contributed by atoms with E-state index in [-0.39, 0.29) is 11.8 Å². The molecule has 1 aliphatic heterocycles. The second-order valence-corrected chi connectivity index (χ2v) is 4.17. The molecule has 1 aromatic heterocycles. The fourth-order valence-corrected chi connectivity index (χ4v) is 2.02. The van der Waals surface area contributed by atoms with Crippen LogP contribution >= 0.6 is 0 Å². The van der Waals surface area contributed by atoms with Gasteiger partial charge in [0.25, 0.3) is 0 Å². The van der Waals surface area contributed by atoms with Crippen molar-refractivity contribution in [2.45, 2.75) is 12.6 Å². The van der Waals surface area contributed by atoms with E-state index in [1.54, 1.807) is 18.3 Å². The molecule has 0 aliphatic carbocycles. The molecule has 1 atom stereocenters. The van der Waals surface area contributed by atoms with E-state index in [0.717, 1.165) is 17.0 Å². The Morgan fingerprint density at radius 3 is 3.17 bits per heavy atom. The standard InChI is InChI=1S/C13H13N3O2/c17-10-1-2-11-12(7-18-13(11)5-10)15-6-9-3-4-14-8-16-9/h1-5,8,12,15,17H,6-7H2. The minimum Gasteiger partial charge on any atom is -0.508 e. The number of hydrogen-bond donors (Lipinski definition) is 2. The number of fused-ring (bicyclic) bond motifs is 1. The van der Waals surface area contributed by atoms with E-state index in [4.69, 9.17) is 4.74 Å². The lowest BCUT2D eigenvalue weighted by molar-refractivity contribution is 0.309. The summed E-state index contributed by atoms with van der Waals surface area (Å²) in [5, 5.41) is 12.7. The van der Waals surface area contributed by atoms with E-state index >= 15 is 0 Å². The lowest BCUT2D eigenvalue weighted by Gasteiger charge is -2.10. The molecule has 2 aromatic rings. The van der Waals surface area contributed by atoms with Crippen molar-refractivity contribution in [1.29, 1.82) is 0 Å². The van der Waals surface area contributed by atoms with E-state index in [9.17, 15) is 5.11 Å². The van der Waals surface area contributed by atoms with Gasteiger partial charge in [-0.05, 0) is 18.2 Å². The van der Waals surface area contributed by atoms with E-state index in [0.29, 0.717) is 13.2 Å². The first-order valence-corrected chi connectivity index (χ1v) is 5.77. The normalized spacial score (nSPS) is 17.2. The number of benzene rings is 1. The number of ether oxygens (including phenoxy) is 1. The fraction of sp³-hybridized carbons (Fsp3) is 0.231. The van der Waals surface area contributed by atoms with Crippen molar-refractivity contribution in [3.05, 3.63) is 48.0 Å². The van der Waals surface area contributed by atoms with Crippen molar-refractivity contribution in [2.75, 3.05) is 6.61 Å². The number of aromatic hydroxyl groups is 1. The summed E-state index contributed by atoms with van der Waals surface area (Å²) in [6.07, 6.45) is 3.26. The van der Waals surface area contributed by atoms with Crippen LogP contribution in [0, 0.1) is 0 Å². The fourth-order valence-electron chi connectivity index (χ4n) is 2.02. The van der Waals surface area contributed by atoms with Crippen LogP contribution in [0.15, 0.2) is 36.8 Å². The maximum atomic E-state index is 9.37. The van der Waals surface area contributed by atoms with Gasteiger partial charge in [-0.25, -0.2) is 9.97 Å². The van der Waals surface area contributed by atoms with Gasteiger partial charge in [0.05, 0.1) is 11.7 Å². The quantitative estimate of drug-likeness (QED) is 0.853. The summed E-state index contributed by atoms with van der Waals surface area (Å²) in [6.45, 7) is 1.24. The first-order valence-electron chi connectivity index (χ1n) is 5.77. The predicted molar refractivity (Wildman–Crippen MR) is 65.2 cm³/mol. The van der Waals surface area contributed by atoms with Crippen molar-refractivity contribution in [1.82, 2.24) is 15.3 Å². The molecule has 0 amide bonds. The lowest BCUT2D eigenvalue weighted by atomic mass is 10.1. The van der Waals surface area contributed by atoms with Crippen LogP contribution in [-0.2, 0) is 6.54 Å². The topological polar surface area (TPSA) is 67.3 Å². The molecule has 3 rings (SSSR count). The molecule has 0 saturated heterocycles. The Hall–Kier alpha value is -2.14. The van der Waals surface area contributed by atoms with Gasteiger partial charge in [-0.2, -0.15) is 0 Å². The highest BCUT2D eigenvalue weighted by molar-refractivity contribution is 5.44. The highest BCUT2D eigenvalue weighted by Crippen LogP contribution is 2.34. The zero-order chi connectivity index (χ0) is 12.4. The Kier molecular flexibility index (Phi) is 2.82. The van der Waals surface area contributed by atoms with Gasteiger partial charge >= 0.3 is 0 Å². The van der Waals surface area contributed by atoms with Gasteiger partial charge in [0.1, 0.15) is 24.4 Å². The average Bonchev–Trinajstić information content (AvgIpc) is 2.80. The highest BCUT2D eigenvalue weighted by atomic mass is 16.5. The van der Waals surface area contributed by atoms with Crippen LogP contribution in [0.25, 0.3) is 0 Å². The zero-order valence-corrected chi connectivity index (χ0v) is 9.71. The molecule has 18 heavy (non-hydrogen) atoms. The van der Waals surface area contributed by atoms with Gasteiger partial charge < -0.3 is 15.2 Å². The number of rotatable bonds is 3. The molecule has 1 aliphatic rings. The average molecular weight is 243 g/mol. The van der Waals surface area contributed by atoms with Crippen LogP contribution in [0.4, 0.5) is 0 Å². The number of nitrogens with zero attached hydrogens (tertiary/aromatic N) is 2. The number of phenols is 1. The third-order valence-electron chi connectivity index (χ3n) is 2.95. The van der Waals surface area contributed by atoms with Crippen molar-refractivity contribution in [3.8, 4) is 11.5 Å². The zero-order valence-electron chi connectivity index (χ0n) is 9.71. The molecule has 2 heterocycles. The Balaban J connectivity index is 1.70. The number of aromatic nitrogens is 2. The Labute approximate surface area is 104 Å². The van der Waals surface area contributed by atoms with Crippen LogP contribution in [0.2, 0.25) is 0 Å². The van der Waals surface area contributed by atoms with Crippen molar-refractivity contribution >= 4 is 0 Å². The second-order valence-electron chi connectivity index (χ2n) is 4.17. The smallest absolute Gasteiger partial charge is 0.127 e. The largest absolute Gasteiger partial charge is 0.508 e. The molecule has 92 valence electrons. The maximum Gasteiger partial charge on any atom is 0.127 e. The summed E-state index contributed by atoms with van der Waals surface area (Å²) < 4.78 is 5.53. The molecular formula is C13H13N3O2. The first kappa shape index (κ1) is 11.0. The molecule has 1 aromatic carbocycles. The van der Waals surface area contributed by atoms with Crippen LogP contribution in [0.1, 0.15) is 17.3 Å². The van der Waals surface area contributed by atoms with Crippen LogP contribution in [0.5, 0.6) is 11.5 Å². The molecule has 1 unspecified atom stereocenters. The van der Waals surface area contributed by atoms with Crippen molar-refractivity contribution < 1.29 is 9.84 Å². The van der Waals surface area contributed by atoms with Gasteiger partial charge in [0.2, 0.25) is 0 Å². The summed E-state index contributed by atoms with van der Waals surface area (Å²) >= 11 is 0. The molecular weight excluding hydrogens is 230 g/mol. The number of phenolic OH excluding ortho intramolecular Hbond substituents is 1. The lowest BCUT2D eigenvalue weighted by Crippen LogP contribution is -2.22. The number of nitrogens with one attached hydrogen (secondary N) is 1. The molecule has 2 N–H and O–H groups in total. The van der Waals surface area contributed by atoms with Gasteiger partial charge in [0, 0.05) is 24.4 Å². The summed E-state index contributed by atoms with van der Waals surface area (Å²) in [7, 11) is 0. The van der Waals surface area contributed by atoms with Crippen LogP contribution < -0.4 is 10.1 Å². The van der Waals surface area contributed by atoms with E-state index in [2.05, 4.69) is 15.3 Å². The Bertz CT molecular complexity index is 545. The Morgan fingerprint density at radius 2 is 2.33 bits per heavy atom. The summed E-state index contributed by atoms with van der Waals surface area (Å²) in [5.74, 6) is 0.973. The third kappa shape index (κ3) is 2.12. The monoisotopic (exact) mass is 243 g/mol. The summed E-state index contributed by atoms with van der Waals surface area (Å²) in [6, 6.07) is 7.21. The van der Waals surface area contributed by atoms with Crippen LogP contribution in [0.3, 0.4) is 0 Å². The van der Waals surface area contributed by atoms with E-state index in [1.807, 2.05) is 12.1 Å². The molecule has 5 nitrogen and oxygen atoms in total. The second kappa shape index (κ2) is 4.62. The summed E-state index contributed by atoms with van der Waals surface area (Å²) in [5.41, 5.74) is 2.01. The molecule has 0 bridgehead atoms. The molecule has 5 heteroatoms. The number of hydrogen-bond acceptors (Lipinski definition) is 5. The van der Waals surface area contributed by atoms with Crippen molar-refractivity contribution in [2.24, 2.45) is 0 Å². The minimum atomic E-state index is 0.135. The molecule has 0 fully saturated rings. The Morgan fingerprint density at radius 1 is 1.39 bits per heavy atom. The third-order valence-corrected chi connectivity index (χ3v) is 2.95. The molecule has 0 radical (unpaired) electrons. The SMILES string of the molecule is Oc1ccc2c(c1)OCC2NCc1ccncn1. The van der Waals surface area contributed by atoms with E-state index in [1.165, 1.54) is 6.33 Å².